The van der Waals surface area contributed by atoms with Gasteiger partial charge >= 0.3 is 11.9 Å². The fourth-order valence-corrected chi connectivity index (χ4v) is 4.71. The van der Waals surface area contributed by atoms with Crippen molar-refractivity contribution >= 4 is 34.2 Å². The monoisotopic (exact) mass is 415 g/mol. The molecule has 0 saturated heterocycles. The average Bonchev–Trinajstić information content (AvgIpc) is 3.12. The SMILES string of the molecule is CCOC(=O)c1c(-c2ccc(C)cc2)csc1NC(=O)[C@H]1CCCC[C@@H]1C(=O)O. The molecule has 154 valence electrons. The third-order valence-corrected chi connectivity index (χ3v) is 6.19. The Labute approximate surface area is 173 Å². The molecule has 2 N–H and O–H groups in total. The summed E-state index contributed by atoms with van der Waals surface area (Å²) in [6, 6.07) is 7.76. The van der Waals surface area contributed by atoms with Crippen LogP contribution in [0.15, 0.2) is 29.6 Å². The van der Waals surface area contributed by atoms with Gasteiger partial charge in [0, 0.05) is 10.9 Å². The van der Waals surface area contributed by atoms with Crippen LogP contribution in [0.3, 0.4) is 0 Å². The second-order valence-corrected chi connectivity index (χ2v) is 8.14. The van der Waals surface area contributed by atoms with Gasteiger partial charge in [0.1, 0.15) is 10.6 Å². The highest BCUT2D eigenvalue weighted by Gasteiger charge is 2.36. The minimum absolute atomic E-state index is 0.221. The molecule has 0 radical (unpaired) electrons. The first-order chi connectivity index (χ1) is 13.9. The summed E-state index contributed by atoms with van der Waals surface area (Å²) in [6.07, 6.45) is 2.67. The lowest BCUT2D eigenvalue weighted by atomic mass is 9.79. The number of amides is 1. The quantitative estimate of drug-likeness (QED) is 0.666. The van der Waals surface area contributed by atoms with Gasteiger partial charge in [-0.2, -0.15) is 0 Å². The van der Waals surface area contributed by atoms with Crippen molar-refractivity contribution in [2.45, 2.75) is 39.5 Å². The van der Waals surface area contributed by atoms with Crippen LogP contribution in [0.5, 0.6) is 0 Å². The largest absolute Gasteiger partial charge is 0.481 e. The van der Waals surface area contributed by atoms with E-state index in [0.29, 0.717) is 29.0 Å². The van der Waals surface area contributed by atoms with E-state index in [1.807, 2.05) is 36.6 Å². The number of carboxylic acid groups (broad SMARTS) is 1. The molecule has 1 saturated carbocycles. The highest BCUT2D eigenvalue weighted by molar-refractivity contribution is 7.15. The highest BCUT2D eigenvalue weighted by atomic mass is 32.1. The Bertz CT molecular complexity index is 902. The number of carbonyl (C=O) groups is 3. The average molecular weight is 416 g/mol. The molecule has 1 fully saturated rings. The molecule has 0 unspecified atom stereocenters. The Balaban J connectivity index is 1.92. The molecule has 1 aromatic carbocycles. The first kappa shape index (κ1) is 21.0. The van der Waals surface area contributed by atoms with Crippen LogP contribution in [0.1, 0.15) is 48.5 Å². The van der Waals surface area contributed by atoms with Gasteiger partial charge in [-0.25, -0.2) is 4.79 Å². The summed E-state index contributed by atoms with van der Waals surface area (Å²) in [5.74, 6) is -3.08. The summed E-state index contributed by atoms with van der Waals surface area (Å²) in [4.78, 5) is 37.1. The topological polar surface area (TPSA) is 92.7 Å². The highest BCUT2D eigenvalue weighted by Crippen LogP contribution is 2.38. The minimum Gasteiger partial charge on any atom is -0.481 e. The van der Waals surface area contributed by atoms with E-state index in [2.05, 4.69) is 5.32 Å². The third-order valence-electron chi connectivity index (χ3n) is 5.29. The minimum atomic E-state index is -0.943. The lowest BCUT2D eigenvalue weighted by Gasteiger charge is -2.27. The molecule has 29 heavy (non-hydrogen) atoms. The number of nitrogens with one attached hydrogen (secondary N) is 1. The number of ether oxygens (including phenoxy) is 1. The van der Waals surface area contributed by atoms with Gasteiger partial charge in [-0.1, -0.05) is 42.7 Å². The summed E-state index contributed by atoms with van der Waals surface area (Å²) in [5.41, 5.74) is 2.97. The number of aliphatic carboxylic acids is 1. The van der Waals surface area contributed by atoms with Crippen molar-refractivity contribution in [3.8, 4) is 11.1 Å². The summed E-state index contributed by atoms with van der Waals surface area (Å²) in [7, 11) is 0. The van der Waals surface area contributed by atoms with Gasteiger partial charge in [0.2, 0.25) is 5.91 Å². The molecule has 1 heterocycles. The summed E-state index contributed by atoms with van der Waals surface area (Å²) >= 11 is 1.25. The molecule has 3 rings (SSSR count). The molecule has 0 bridgehead atoms. The zero-order valence-electron chi connectivity index (χ0n) is 16.6. The third kappa shape index (κ3) is 4.67. The first-order valence-corrected chi connectivity index (χ1v) is 10.7. The van der Waals surface area contributed by atoms with E-state index in [4.69, 9.17) is 4.74 Å². The van der Waals surface area contributed by atoms with Crippen molar-refractivity contribution in [2.75, 3.05) is 11.9 Å². The van der Waals surface area contributed by atoms with Gasteiger partial charge in [-0.15, -0.1) is 11.3 Å². The maximum atomic E-state index is 12.9. The molecule has 1 aliphatic rings. The second-order valence-electron chi connectivity index (χ2n) is 7.26. The molecule has 1 aliphatic carbocycles. The fourth-order valence-electron chi connectivity index (χ4n) is 3.75. The van der Waals surface area contributed by atoms with Crippen molar-refractivity contribution in [1.29, 1.82) is 0 Å². The zero-order valence-corrected chi connectivity index (χ0v) is 17.4. The van der Waals surface area contributed by atoms with Gasteiger partial charge in [0.05, 0.1) is 18.4 Å². The molecule has 1 aromatic heterocycles. The van der Waals surface area contributed by atoms with Crippen LogP contribution >= 0.6 is 11.3 Å². The van der Waals surface area contributed by atoms with Crippen molar-refractivity contribution in [2.24, 2.45) is 11.8 Å². The molecule has 1 amide bonds. The Kier molecular flexibility index (Phi) is 6.69. The zero-order chi connectivity index (χ0) is 21.0. The van der Waals surface area contributed by atoms with E-state index in [0.717, 1.165) is 24.0 Å². The number of carboxylic acids is 1. The molecular weight excluding hydrogens is 390 g/mol. The number of benzene rings is 1. The smallest absolute Gasteiger partial charge is 0.341 e. The normalized spacial score (nSPS) is 18.8. The van der Waals surface area contributed by atoms with Crippen LogP contribution in [0.2, 0.25) is 0 Å². The Morgan fingerprint density at radius 3 is 2.41 bits per heavy atom. The number of esters is 1. The Morgan fingerprint density at radius 1 is 1.14 bits per heavy atom. The molecule has 2 aromatic rings. The van der Waals surface area contributed by atoms with E-state index in [1.54, 1.807) is 6.92 Å². The molecule has 2 atom stereocenters. The summed E-state index contributed by atoms with van der Waals surface area (Å²) in [5, 5.41) is 14.5. The van der Waals surface area contributed by atoms with Gasteiger partial charge in [0.15, 0.2) is 0 Å². The van der Waals surface area contributed by atoms with Crippen LogP contribution in [-0.4, -0.2) is 29.6 Å². The summed E-state index contributed by atoms with van der Waals surface area (Å²) in [6.45, 7) is 3.94. The number of anilines is 1. The van der Waals surface area contributed by atoms with Crippen molar-refractivity contribution < 1.29 is 24.2 Å². The second kappa shape index (κ2) is 9.22. The number of carbonyl (C=O) groups excluding carboxylic acids is 2. The first-order valence-electron chi connectivity index (χ1n) is 9.81. The maximum absolute atomic E-state index is 12.9. The van der Waals surface area contributed by atoms with Crippen LogP contribution in [0.4, 0.5) is 5.00 Å². The van der Waals surface area contributed by atoms with Crippen LogP contribution in [-0.2, 0) is 14.3 Å². The predicted octanol–water partition coefficient (Wildman–Crippen LogP) is 4.73. The lowest BCUT2D eigenvalue weighted by molar-refractivity contribution is -0.147. The van der Waals surface area contributed by atoms with Crippen molar-refractivity contribution in [3.63, 3.8) is 0 Å². The van der Waals surface area contributed by atoms with Crippen LogP contribution in [0, 0.1) is 18.8 Å². The number of hydrogen-bond acceptors (Lipinski definition) is 5. The number of thiophene rings is 1. The van der Waals surface area contributed by atoms with E-state index in [9.17, 15) is 19.5 Å². The van der Waals surface area contributed by atoms with Crippen LogP contribution in [0.25, 0.3) is 11.1 Å². The van der Waals surface area contributed by atoms with Gasteiger partial charge in [0.25, 0.3) is 0 Å². The van der Waals surface area contributed by atoms with Gasteiger partial charge < -0.3 is 15.2 Å². The molecule has 0 spiro atoms. The van der Waals surface area contributed by atoms with E-state index in [-0.39, 0.29) is 12.5 Å². The molecule has 0 aliphatic heterocycles. The fraction of sp³-hybridized carbons (Fsp3) is 0.409. The van der Waals surface area contributed by atoms with Gasteiger partial charge in [-0.05, 0) is 32.3 Å². The Morgan fingerprint density at radius 2 is 1.79 bits per heavy atom. The van der Waals surface area contributed by atoms with Crippen molar-refractivity contribution in [1.82, 2.24) is 0 Å². The number of rotatable bonds is 6. The maximum Gasteiger partial charge on any atom is 0.341 e. The number of hydrogen-bond donors (Lipinski definition) is 2. The molecule has 7 heteroatoms. The number of aryl methyl sites for hydroxylation is 1. The van der Waals surface area contributed by atoms with E-state index < -0.39 is 23.8 Å². The Hall–Kier alpha value is -2.67. The van der Waals surface area contributed by atoms with Gasteiger partial charge in [-0.3, -0.25) is 9.59 Å². The predicted molar refractivity (Wildman–Crippen MR) is 112 cm³/mol. The molecule has 6 nitrogen and oxygen atoms in total. The van der Waals surface area contributed by atoms with E-state index >= 15 is 0 Å². The molecular formula is C22H25NO5S. The lowest BCUT2D eigenvalue weighted by Crippen LogP contribution is -2.36. The van der Waals surface area contributed by atoms with Crippen LogP contribution < -0.4 is 5.32 Å². The van der Waals surface area contributed by atoms with Crippen molar-refractivity contribution in [3.05, 3.63) is 40.8 Å². The van der Waals surface area contributed by atoms with E-state index in [1.165, 1.54) is 11.3 Å². The standard InChI is InChI=1S/C22H25NO5S/c1-3-28-22(27)18-17(14-10-8-13(2)9-11-14)12-29-20(18)23-19(24)15-6-4-5-7-16(15)21(25)26/h8-12,15-16H,3-7H2,1-2H3,(H,23,24)(H,25,26)/t15-,16-/m0/s1. The summed E-state index contributed by atoms with van der Waals surface area (Å²) < 4.78 is 5.22.